The van der Waals surface area contributed by atoms with Crippen LogP contribution in [0.25, 0.3) is 11.2 Å². The van der Waals surface area contributed by atoms with Gasteiger partial charge in [-0.25, -0.2) is 19.9 Å². The fourth-order valence-corrected chi connectivity index (χ4v) is 6.86. The van der Waals surface area contributed by atoms with Gasteiger partial charge in [0.1, 0.15) is 22.2 Å². The summed E-state index contributed by atoms with van der Waals surface area (Å²) in [6.45, 7) is 1.69. The molecular weight excluding hydrogens is 508 g/mol. The van der Waals surface area contributed by atoms with Crippen molar-refractivity contribution in [2.75, 3.05) is 23.3 Å². The van der Waals surface area contributed by atoms with Gasteiger partial charge in [0, 0.05) is 30.2 Å². The molecule has 5 heterocycles. The molecule has 0 unspecified atom stereocenters. The summed E-state index contributed by atoms with van der Waals surface area (Å²) in [7, 11) is 0. The number of anilines is 2. The van der Waals surface area contributed by atoms with E-state index in [1.807, 2.05) is 0 Å². The Morgan fingerprint density at radius 3 is 2.68 bits per heavy atom. The van der Waals surface area contributed by atoms with Gasteiger partial charge in [-0.2, -0.15) is 8.78 Å². The highest BCUT2D eigenvalue weighted by Gasteiger charge is 2.51. The van der Waals surface area contributed by atoms with E-state index < -0.39 is 17.4 Å². The molecule has 38 heavy (non-hydrogen) atoms. The SMILES string of the molecule is N[C@@H]1c2ccccc2CC12CCN(c1cnc3nc(Sc4ccnc5c4C(F)(F)C(=O)N5)ccc3n1)CC2. The highest BCUT2D eigenvalue weighted by atomic mass is 32.2. The Labute approximate surface area is 221 Å². The number of pyridine rings is 2. The Balaban J connectivity index is 1.09. The number of carbonyl (C=O) groups is 1. The van der Waals surface area contributed by atoms with Crippen LogP contribution in [0.5, 0.6) is 0 Å². The monoisotopic (exact) mass is 531 g/mol. The van der Waals surface area contributed by atoms with Gasteiger partial charge in [0.05, 0.1) is 11.8 Å². The van der Waals surface area contributed by atoms with Crippen LogP contribution in [0.2, 0.25) is 0 Å². The third kappa shape index (κ3) is 3.56. The zero-order chi connectivity index (χ0) is 26.1. The quantitative estimate of drug-likeness (QED) is 0.399. The van der Waals surface area contributed by atoms with E-state index in [-0.39, 0.29) is 22.2 Å². The van der Waals surface area contributed by atoms with Crippen molar-refractivity contribution in [3.05, 3.63) is 71.5 Å². The van der Waals surface area contributed by atoms with E-state index in [1.54, 1.807) is 18.3 Å². The topological polar surface area (TPSA) is 110 Å². The van der Waals surface area contributed by atoms with Crippen LogP contribution >= 0.6 is 11.8 Å². The Hall–Kier alpha value is -3.70. The molecule has 1 spiro atoms. The first-order valence-electron chi connectivity index (χ1n) is 12.4. The molecule has 3 aromatic heterocycles. The van der Waals surface area contributed by atoms with E-state index >= 15 is 0 Å². The maximum atomic E-state index is 14.4. The largest absolute Gasteiger partial charge is 0.355 e. The average Bonchev–Trinajstić information content (AvgIpc) is 3.33. The van der Waals surface area contributed by atoms with Gasteiger partial charge >= 0.3 is 11.8 Å². The van der Waals surface area contributed by atoms with E-state index in [1.165, 1.54) is 23.4 Å². The number of halogens is 2. The minimum Gasteiger partial charge on any atom is -0.355 e. The number of benzene rings is 1. The van der Waals surface area contributed by atoms with Gasteiger partial charge in [-0.1, -0.05) is 36.0 Å². The number of piperidine rings is 1. The summed E-state index contributed by atoms with van der Waals surface area (Å²) in [4.78, 5) is 31.8. The standard InChI is InChI=1S/C27H23F2N7OS/c28-27(29)21-18(7-10-31-24(21)35-25(27)37)38-20-6-5-17-23(34-20)32-14-19(33-17)36-11-8-26(9-12-36)13-15-3-1-2-4-16(15)22(26)30/h1-7,10,14,22H,8-9,11-13,30H2,(H,31,35,37)/t22-/m1/s1. The molecule has 192 valence electrons. The zero-order valence-electron chi connectivity index (χ0n) is 20.2. The second kappa shape index (κ2) is 8.40. The second-order valence-corrected chi connectivity index (χ2v) is 11.1. The molecule has 3 aliphatic rings. The summed E-state index contributed by atoms with van der Waals surface area (Å²) in [6.07, 6.45) is 6.08. The number of fused-ring (bicyclic) bond motifs is 3. The van der Waals surface area contributed by atoms with Crippen molar-refractivity contribution in [1.29, 1.82) is 0 Å². The lowest BCUT2D eigenvalue weighted by atomic mass is 9.73. The molecule has 1 amide bonds. The number of aromatic nitrogens is 4. The van der Waals surface area contributed by atoms with E-state index in [9.17, 15) is 13.6 Å². The summed E-state index contributed by atoms with van der Waals surface area (Å²) < 4.78 is 28.9. The van der Waals surface area contributed by atoms with E-state index in [2.05, 4.69) is 49.4 Å². The molecule has 1 atom stereocenters. The number of nitrogens with one attached hydrogen (secondary N) is 1. The van der Waals surface area contributed by atoms with Crippen LogP contribution in [-0.4, -0.2) is 38.9 Å². The van der Waals surface area contributed by atoms with Crippen LogP contribution in [0.4, 0.5) is 20.4 Å². The molecule has 2 aliphatic heterocycles. The highest BCUT2D eigenvalue weighted by molar-refractivity contribution is 7.99. The lowest BCUT2D eigenvalue weighted by molar-refractivity contribution is -0.139. The van der Waals surface area contributed by atoms with Gasteiger partial charge in [-0.15, -0.1) is 0 Å². The van der Waals surface area contributed by atoms with Crippen LogP contribution in [0.15, 0.2) is 64.8 Å². The Morgan fingerprint density at radius 2 is 1.87 bits per heavy atom. The zero-order valence-corrected chi connectivity index (χ0v) is 21.0. The normalized spacial score (nSPS) is 21.0. The molecule has 3 N–H and O–H groups in total. The summed E-state index contributed by atoms with van der Waals surface area (Å²) in [5.74, 6) is -4.35. The van der Waals surface area contributed by atoms with Gasteiger partial charge in [-0.05, 0) is 54.0 Å². The number of nitrogens with two attached hydrogens (primary N) is 1. The third-order valence-corrected chi connectivity index (χ3v) is 9.00. The average molecular weight is 532 g/mol. The number of hydrogen-bond acceptors (Lipinski definition) is 8. The van der Waals surface area contributed by atoms with Gasteiger partial charge in [-0.3, -0.25) is 4.79 Å². The molecule has 0 saturated carbocycles. The summed E-state index contributed by atoms with van der Waals surface area (Å²) in [6, 6.07) is 13.5. The van der Waals surface area contributed by atoms with Gasteiger partial charge in [0.25, 0.3) is 0 Å². The van der Waals surface area contributed by atoms with Crippen molar-refractivity contribution in [2.24, 2.45) is 11.1 Å². The number of carbonyl (C=O) groups excluding carboxylic acids is 1. The first kappa shape index (κ1) is 23.4. The fraction of sp³-hybridized carbons (Fsp3) is 0.296. The van der Waals surface area contributed by atoms with Crippen LogP contribution in [0, 0.1) is 5.41 Å². The van der Waals surface area contributed by atoms with Crippen LogP contribution in [0.1, 0.15) is 35.6 Å². The summed E-state index contributed by atoms with van der Waals surface area (Å²) in [5, 5.41) is 2.61. The van der Waals surface area contributed by atoms with Crippen LogP contribution < -0.4 is 16.0 Å². The molecule has 7 rings (SSSR count). The van der Waals surface area contributed by atoms with Gasteiger partial charge in [0.15, 0.2) is 5.65 Å². The molecule has 1 aliphatic carbocycles. The Bertz CT molecular complexity index is 1610. The minimum atomic E-state index is -3.64. The predicted molar refractivity (Wildman–Crippen MR) is 139 cm³/mol. The maximum Gasteiger partial charge on any atom is 0.354 e. The highest BCUT2D eigenvalue weighted by Crippen LogP contribution is 2.51. The molecule has 1 saturated heterocycles. The van der Waals surface area contributed by atoms with Crippen LogP contribution in [0.3, 0.4) is 0 Å². The molecule has 0 bridgehead atoms. The molecule has 11 heteroatoms. The first-order valence-corrected chi connectivity index (χ1v) is 13.2. The number of amides is 1. The molecule has 0 radical (unpaired) electrons. The molecule has 1 fully saturated rings. The molecule has 1 aromatic carbocycles. The maximum absolute atomic E-state index is 14.4. The van der Waals surface area contributed by atoms with Crippen LogP contribution in [-0.2, 0) is 17.1 Å². The Kier molecular flexibility index (Phi) is 5.18. The number of rotatable bonds is 3. The number of alkyl halides is 2. The number of hydrogen-bond donors (Lipinski definition) is 2. The lowest BCUT2D eigenvalue weighted by Crippen LogP contribution is -2.44. The van der Waals surface area contributed by atoms with Crippen molar-refractivity contribution < 1.29 is 13.6 Å². The van der Waals surface area contributed by atoms with Crippen molar-refractivity contribution in [2.45, 2.75) is 41.1 Å². The van der Waals surface area contributed by atoms with Gasteiger partial charge in [0.2, 0.25) is 0 Å². The van der Waals surface area contributed by atoms with E-state index in [4.69, 9.17) is 10.7 Å². The Morgan fingerprint density at radius 1 is 1.05 bits per heavy atom. The summed E-state index contributed by atoms with van der Waals surface area (Å²) >= 11 is 1.04. The first-order chi connectivity index (χ1) is 18.3. The molecule has 8 nitrogen and oxygen atoms in total. The molecular formula is C27H23F2N7OS. The summed E-state index contributed by atoms with van der Waals surface area (Å²) in [5.41, 5.74) is 10.1. The predicted octanol–water partition coefficient (Wildman–Crippen LogP) is 4.46. The number of nitrogens with zero attached hydrogens (tertiary/aromatic N) is 5. The molecule has 4 aromatic rings. The fourth-order valence-electron chi connectivity index (χ4n) is 5.91. The van der Waals surface area contributed by atoms with Gasteiger partial charge < -0.3 is 16.0 Å². The minimum absolute atomic E-state index is 0.0548. The van der Waals surface area contributed by atoms with E-state index in [0.717, 1.165) is 49.9 Å². The lowest BCUT2D eigenvalue weighted by Gasteiger charge is -2.42. The van der Waals surface area contributed by atoms with Crippen molar-refractivity contribution in [1.82, 2.24) is 19.9 Å². The van der Waals surface area contributed by atoms with E-state index in [0.29, 0.717) is 16.2 Å². The second-order valence-electron chi connectivity index (χ2n) is 10.1. The smallest absolute Gasteiger partial charge is 0.354 e. The van der Waals surface area contributed by atoms with Crippen molar-refractivity contribution in [3.8, 4) is 0 Å². The van der Waals surface area contributed by atoms with Crippen molar-refractivity contribution >= 4 is 40.5 Å². The van der Waals surface area contributed by atoms with Crippen molar-refractivity contribution in [3.63, 3.8) is 0 Å². The third-order valence-electron chi connectivity index (χ3n) is 8.00.